The first-order valence-electron chi connectivity index (χ1n) is 5.69. The Morgan fingerprint density at radius 3 is 2.82 bits per heavy atom. The van der Waals surface area contributed by atoms with Gasteiger partial charge in [0.05, 0.1) is 13.5 Å². The molecular formula is C13H19NO3. The van der Waals surface area contributed by atoms with Gasteiger partial charge >= 0.3 is 5.97 Å². The fourth-order valence-corrected chi connectivity index (χ4v) is 1.65. The van der Waals surface area contributed by atoms with Crippen LogP contribution in [0.1, 0.15) is 17.5 Å². The molecule has 0 unspecified atom stereocenters. The maximum absolute atomic E-state index is 10.3. The summed E-state index contributed by atoms with van der Waals surface area (Å²) in [5.41, 5.74) is 2.35. The van der Waals surface area contributed by atoms with Crippen molar-refractivity contribution in [2.24, 2.45) is 0 Å². The Hall–Kier alpha value is -1.55. The lowest BCUT2D eigenvalue weighted by Gasteiger charge is -2.09. The van der Waals surface area contributed by atoms with E-state index in [9.17, 15) is 4.79 Å². The number of aryl methyl sites for hydroxylation is 1. The van der Waals surface area contributed by atoms with Crippen LogP contribution < -0.4 is 10.1 Å². The van der Waals surface area contributed by atoms with Crippen LogP contribution in [-0.4, -0.2) is 31.3 Å². The van der Waals surface area contributed by atoms with E-state index in [2.05, 4.69) is 11.4 Å². The van der Waals surface area contributed by atoms with Gasteiger partial charge in [0.1, 0.15) is 5.75 Å². The average Bonchev–Trinajstić information content (AvgIpc) is 2.28. The minimum Gasteiger partial charge on any atom is -0.496 e. The Balaban J connectivity index is 2.40. The van der Waals surface area contributed by atoms with Gasteiger partial charge in [-0.2, -0.15) is 0 Å². The number of hydrogen-bond acceptors (Lipinski definition) is 3. The number of ether oxygens (including phenoxy) is 1. The van der Waals surface area contributed by atoms with E-state index in [1.54, 1.807) is 7.11 Å². The summed E-state index contributed by atoms with van der Waals surface area (Å²) >= 11 is 0. The lowest BCUT2D eigenvalue weighted by molar-refractivity contribution is -0.136. The summed E-state index contributed by atoms with van der Waals surface area (Å²) in [6, 6.07) is 6.07. The Labute approximate surface area is 102 Å². The molecule has 1 rings (SSSR count). The van der Waals surface area contributed by atoms with Crippen molar-refractivity contribution in [3.63, 3.8) is 0 Å². The van der Waals surface area contributed by atoms with Crippen LogP contribution >= 0.6 is 0 Å². The number of nitrogens with one attached hydrogen (secondary N) is 1. The highest BCUT2D eigenvalue weighted by Gasteiger charge is 2.03. The van der Waals surface area contributed by atoms with Crippen molar-refractivity contribution in [1.29, 1.82) is 0 Å². The number of methoxy groups -OCH3 is 1. The molecule has 4 heteroatoms. The van der Waals surface area contributed by atoms with Gasteiger partial charge in [0.15, 0.2) is 0 Å². The number of carboxylic acid groups (broad SMARTS) is 1. The Kier molecular flexibility index (Phi) is 5.49. The monoisotopic (exact) mass is 237 g/mol. The van der Waals surface area contributed by atoms with E-state index < -0.39 is 5.97 Å². The van der Waals surface area contributed by atoms with Gasteiger partial charge in [0.2, 0.25) is 0 Å². The molecule has 0 amide bonds. The first-order valence-corrected chi connectivity index (χ1v) is 5.69. The van der Waals surface area contributed by atoms with Crippen LogP contribution in [0.4, 0.5) is 0 Å². The van der Waals surface area contributed by atoms with Crippen molar-refractivity contribution in [3.8, 4) is 5.75 Å². The largest absolute Gasteiger partial charge is 0.496 e. The van der Waals surface area contributed by atoms with Crippen LogP contribution in [0, 0.1) is 6.92 Å². The Bertz CT molecular complexity index is 377. The van der Waals surface area contributed by atoms with E-state index >= 15 is 0 Å². The molecule has 0 saturated heterocycles. The predicted octanol–water partition coefficient (Wildman–Crippen LogP) is 1.61. The summed E-state index contributed by atoms with van der Waals surface area (Å²) in [7, 11) is 1.66. The third-order valence-electron chi connectivity index (χ3n) is 2.52. The fourth-order valence-electron chi connectivity index (χ4n) is 1.65. The SMILES string of the molecule is COc1ccc(C)cc1CCNCCC(=O)O. The van der Waals surface area contributed by atoms with Crippen LogP contribution in [0.15, 0.2) is 18.2 Å². The molecule has 2 N–H and O–H groups in total. The molecule has 1 aromatic carbocycles. The second kappa shape index (κ2) is 6.91. The Morgan fingerprint density at radius 1 is 1.41 bits per heavy atom. The molecule has 0 radical (unpaired) electrons. The van der Waals surface area contributed by atoms with Crippen molar-refractivity contribution in [3.05, 3.63) is 29.3 Å². The molecule has 1 aromatic rings. The van der Waals surface area contributed by atoms with Crippen LogP contribution in [0.2, 0.25) is 0 Å². The van der Waals surface area contributed by atoms with Gasteiger partial charge in [-0.05, 0) is 31.5 Å². The van der Waals surface area contributed by atoms with Gasteiger partial charge in [-0.15, -0.1) is 0 Å². The van der Waals surface area contributed by atoms with Crippen molar-refractivity contribution >= 4 is 5.97 Å². The zero-order chi connectivity index (χ0) is 12.7. The van der Waals surface area contributed by atoms with Gasteiger partial charge in [-0.25, -0.2) is 0 Å². The van der Waals surface area contributed by atoms with Gasteiger partial charge in [0.25, 0.3) is 0 Å². The first-order chi connectivity index (χ1) is 8.13. The molecule has 0 aliphatic rings. The summed E-state index contributed by atoms with van der Waals surface area (Å²) in [5, 5.41) is 11.6. The van der Waals surface area contributed by atoms with E-state index in [1.165, 1.54) is 5.56 Å². The molecule has 0 bridgehead atoms. The predicted molar refractivity (Wildman–Crippen MR) is 66.6 cm³/mol. The minimum absolute atomic E-state index is 0.158. The van der Waals surface area contributed by atoms with Crippen LogP contribution in [0.3, 0.4) is 0 Å². The summed E-state index contributed by atoms with van der Waals surface area (Å²) < 4.78 is 5.27. The number of carbonyl (C=O) groups is 1. The van der Waals surface area contributed by atoms with Crippen molar-refractivity contribution < 1.29 is 14.6 Å². The number of rotatable bonds is 7. The molecular weight excluding hydrogens is 218 g/mol. The summed E-state index contributed by atoms with van der Waals surface area (Å²) in [6.45, 7) is 3.30. The molecule has 0 aliphatic heterocycles. The standard InChI is InChI=1S/C13H19NO3/c1-10-3-4-12(17-2)11(9-10)5-7-14-8-6-13(15)16/h3-4,9,14H,5-8H2,1-2H3,(H,15,16). The number of hydrogen-bond donors (Lipinski definition) is 2. The lowest BCUT2D eigenvalue weighted by atomic mass is 10.1. The molecule has 0 aromatic heterocycles. The van der Waals surface area contributed by atoms with Gasteiger partial charge in [-0.3, -0.25) is 4.79 Å². The quantitative estimate of drug-likeness (QED) is 0.707. The highest BCUT2D eigenvalue weighted by atomic mass is 16.5. The normalized spacial score (nSPS) is 10.2. The number of benzene rings is 1. The second-order valence-corrected chi connectivity index (χ2v) is 3.96. The van der Waals surface area contributed by atoms with Crippen molar-refractivity contribution in [1.82, 2.24) is 5.32 Å². The molecule has 0 heterocycles. The highest BCUT2D eigenvalue weighted by Crippen LogP contribution is 2.19. The molecule has 0 fully saturated rings. The highest BCUT2D eigenvalue weighted by molar-refractivity contribution is 5.66. The maximum Gasteiger partial charge on any atom is 0.304 e. The molecule has 4 nitrogen and oxygen atoms in total. The van der Waals surface area contributed by atoms with Crippen LogP contribution in [-0.2, 0) is 11.2 Å². The second-order valence-electron chi connectivity index (χ2n) is 3.96. The lowest BCUT2D eigenvalue weighted by Crippen LogP contribution is -2.20. The zero-order valence-electron chi connectivity index (χ0n) is 10.3. The number of aliphatic carboxylic acids is 1. The summed E-state index contributed by atoms with van der Waals surface area (Å²) in [6.07, 6.45) is 0.995. The third kappa shape index (κ3) is 4.87. The minimum atomic E-state index is -0.773. The summed E-state index contributed by atoms with van der Waals surface area (Å²) in [4.78, 5) is 10.3. The van der Waals surface area contributed by atoms with Gasteiger partial charge in [-0.1, -0.05) is 17.7 Å². The van der Waals surface area contributed by atoms with E-state index in [0.29, 0.717) is 6.54 Å². The van der Waals surface area contributed by atoms with E-state index in [1.807, 2.05) is 19.1 Å². The molecule has 0 aliphatic carbocycles. The first kappa shape index (κ1) is 13.5. The topological polar surface area (TPSA) is 58.6 Å². The number of carboxylic acids is 1. The zero-order valence-corrected chi connectivity index (χ0v) is 10.3. The van der Waals surface area contributed by atoms with Gasteiger partial charge < -0.3 is 15.2 Å². The van der Waals surface area contributed by atoms with Crippen molar-refractivity contribution in [2.45, 2.75) is 19.8 Å². The van der Waals surface area contributed by atoms with Crippen LogP contribution in [0.25, 0.3) is 0 Å². The Morgan fingerprint density at radius 2 is 2.18 bits per heavy atom. The van der Waals surface area contributed by atoms with Gasteiger partial charge in [0, 0.05) is 6.54 Å². The van der Waals surface area contributed by atoms with E-state index in [0.717, 1.165) is 24.3 Å². The molecule has 94 valence electrons. The molecule has 0 atom stereocenters. The third-order valence-corrected chi connectivity index (χ3v) is 2.52. The average molecular weight is 237 g/mol. The van der Waals surface area contributed by atoms with Crippen molar-refractivity contribution in [2.75, 3.05) is 20.2 Å². The molecule has 0 saturated carbocycles. The van der Waals surface area contributed by atoms with E-state index in [4.69, 9.17) is 9.84 Å². The summed E-state index contributed by atoms with van der Waals surface area (Å²) in [5.74, 6) is 0.112. The molecule has 17 heavy (non-hydrogen) atoms. The van der Waals surface area contributed by atoms with E-state index in [-0.39, 0.29) is 6.42 Å². The maximum atomic E-state index is 10.3. The molecule has 0 spiro atoms. The van der Waals surface area contributed by atoms with Crippen LogP contribution in [0.5, 0.6) is 5.75 Å². The smallest absolute Gasteiger partial charge is 0.304 e. The fraction of sp³-hybridized carbons (Fsp3) is 0.462.